The Morgan fingerprint density at radius 1 is 1.08 bits per heavy atom. The van der Waals surface area contributed by atoms with Gasteiger partial charge >= 0.3 is 0 Å². The lowest BCUT2D eigenvalue weighted by molar-refractivity contribution is -0.121. The normalized spacial score (nSPS) is 16.2. The zero-order valence-corrected chi connectivity index (χ0v) is 15.2. The van der Waals surface area contributed by atoms with E-state index in [-0.39, 0.29) is 16.5 Å². The van der Waals surface area contributed by atoms with Crippen LogP contribution in [0.1, 0.15) is 41.7 Å². The summed E-state index contributed by atoms with van der Waals surface area (Å²) in [7, 11) is -3.98. The number of amides is 2. The van der Waals surface area contributed by atoms with Crippen molar-refractivity contribution in [1.29, 1.82) is 0 Å². The van der Waals surface area contributed by atoms with Crippen molar-refractivity contribution in [1.82, 2.24) is 9.62 Å². The van der Waals surface area contributed by atoms with Crippen LogP contribution in [-0.4, -0.2) is 31.1 Å². The van der Waals surface area contributed by atoms with Crippen molar-refractivity contribution < 1.29 is 18.0 Å². The fraction of sp³-hybridized carbons (Fsp3) is 0.263. The molecule has 1 unspecified atom stereocenters. The highest BCUT2D eigenvalue weighted by Gasteiger charge is 2.41. The molecule has 0 fully saturated rings. The molecular formula is C19H20N2O4S. The van der Waals surface area contributed by atoms with E-state index in [0.29, 0.717) is 4.31 Å². The smallest absolute Gasteiger partial charge is 0.269 e. The molecule has 0 aliphatic carbocycles. The highest BCUT2D eigenvalue weighted by molar-refractivity contribution is 7.90. The summed E-state index contributed by atoms with van der Waals surface area (Å²) in [6, 6.07) is 15.2. The maximum atomic E-state index is 12.5. The molecule has 1 heterocycles. The minimum Gasteiger partial charge on any atom is -0.348 e. The molecule has 7 heteroatoms. The first-order valence-electron chi connectivity index (χ1n) is 8.45. The Morgan fingerprint density at radius 2 is 1.73 bits per heavy atom. The van der Waals surface area contributed by atoms with Crippen molar-refractivity contribution in [2.45, 2.75) is 30.7 Å². The average molecular weight is 372 g/mol. The molecule has 1 aliphatic heterocycles. The molecule has 1 atom stereocenters. The van der Waals surface area contributed by atoms with Gasteiger partial charge in [0.25, 0.3) is 15.9 Å². The maximum Gasteiger partial charge on any atom is 0.269 e. The molecule has 0 saturated carbocycles. The Balaban J connectivity index is 1.77. The molecule has 0 saturated heterocycles. The van der Waals surface area contributed by atoms with Crippen LogP contribution in [-0.2, 0) is 14.8 Å². The third-order valence-electron chi connectivity index (χ3n) is 4.31. The predicted molar refractivity (Wildman–Crippen MR) is 96.9 cm³/mol. The predicted octanol–water partition coefficient (Wildman–Crippen LogP) is 2.49. The first kappa shape index (κ1) is 18.1. The molecule has 2 aromatic carbocycles. The van der Waals surface area contributed by atoms with E-state index in [0.717, 1.165) is 18.4 Å². The number of fused-ring (bicyclic) bond motifs is 1. The van der Waals surface area contributed by atoms with Gasteiger partial charge in [-0.05, 0) is 24.1 Å². The van der Waals surface area contributed by atoms with Crippen LogP contribution in [0, 0.1) is 0 Å². The van der Waals surface area contributed by atoms with Gasteiger partial charge in [0.05, 0.1) is 11.6 Å². The molecular weight excluding hydrogens is 352 g/mol. The highest BCUT2D eigenvalue weighted by Crippen LogP contribution is 2.29. The van der Waals surface area contributed by atoms with Gasteiger partial charge in [-0.2, -0.15) is 0 Å². The number of carbonyl (C=O) groups excluding carboxylic acids is 2. The lowest BCUT2D eigenvalue weighted by Crippen LogP contribution is -2.41. The Labute approximate surface area is 152 Å². The number of hydrogen-bond acceptors (Lipinski definition) is 4. The van der Waals surface area contributed by atoms with Gasteiger partial charge in [0.1, 0.15) is 11.4 Å². The van der Waals surface area contributed by atoms with Crippen LogP contribution in [0.3, 0.4) is 0 Å². The molecule has 6 nitrogen and oxygen atoms in total. The number of benzene rings is 2. The zero-order chi connectivity index (χ0) is 18.7. The fourth-order valence-electron chi connectivity index (χ4n) is 3.05. The maximum absolute atomic E-state index is 12.5. The number of sulfonamides is 1. The zero-order valence-electron chi connectivity index (χ0n) is 14.4. The van der Waals surface area contributed by atoms with Crippen molar-refractivity contribution in [3.05, 3.63) is 65.7 Å². The van der Waals surface area contributed by atoms with E-state index in [1.165, 1.54) is 12.1 Å². The van der Waals surface area contributed by atoms with Gasteiger partial charge in [-0.1, -0.05) is 55.8 Å². The summed E-state index contributed by atoms with van der Waals surface area (Å²) in [5, 5.41) is 2.85. The molecule has 1 aliphatic rings. The number of nitrogens with one attached hydrogen (secondary N) is 1. The Bertz CT molecular complexity index is 926. The van der Waals surface area contributed by atoms with Crippen LogP contribution in [0.25, 0.3) is 0 Å². The minimum absolute atomic E-state index is 0.0500. The largest absolute Gasteiger partial charge is 0.348 e. The van der Waals surface area contributed by atoms with Gasteiger partial charge in [0, 0.05) is 0 Å². The molecule has 0 bridgehead atoms. The third-order valence-corrected chi connectivity index (χ3v) is 6.10. The third kappa shape index (κ3) is 3.35. The van der Waals surface area contributed by atoms with E-state index in [2.05, 4.69) is 5.32 Å². The number of nitrogens with zero attached hydrogens (tertiary/aromatic N) is 1. The molecule has 3 rings (SSSR count). The highest BCUT2D eigenvalue weighted by atomic mass is 32.2. The van der Waals surface area contributed by atoms with E-state index in [4.69, 9.17) is 0 Å². The summed E-state index contributed by atoms with van der Waals surface area (Å²) in [4.78, 5) is 24.8. The summed E-state index contributed by atoms with van der Waals surface area (Å²) < 4.78 is 25.7. The standard InChI is InChI=1S/C19H20N2O4S/c1-2-8-16(14-9-4-3-5-10-14)20-18(22)13-21-19(23)15-11-6-7-12-17(15)26(21,24)25/h3-7,9-12,16H,2,8,13H2,1H3,(H,20,22). The number of rotatable bonds is 6. The quantitative estimate of drug-likeness (QED) is 0.844. The van der Waals surface area contributed by atoms with Gasteiger partial charge in [-0.25, -0.2) is 12.7 Å². The van der Waals surface area contributed by atoms with Crippen LogP contribution >= 0.6 is 0 Å². The Kier molecular flexibility index (Phi) is 5.08. The minimum atomic E-state index is -3.98. The van der Waals surface area contributed by atoms with Crippen LogP contribution in [0.4, 0.5) is 0 Å². The van der Waals surface area contributed by atoms with Gasteiger partial charge in [-0.15, -0.1) is 0 Å². The van der Waals surface area contributed by atoms with E-state index >= 15 is 0 Å². The number of carbonyl (C=O) groups is 2. The molecule has 136 valence electrons. The molecule has 0 spiro atoms. The fourth-order valence-corrected chi connectivity index (χ4v) is 4.58. The average Bonchev–Trinajstić information content (AvgIpc) is 2.83. The van der Waals surface area contributed by atoms with E-state index in [1.807, 2.05) is 37.3 Å². The summed E-state index contributed by atoms with van der Waals surface area (Å²) in [6.45, 7) is 1.48. The van der Waals surface area contributed by atoms with Crippen molar-refractivity contribution >= 4 is 21.8 Å². The second-order valence-electron chi connectivity index (χ2n) is 6.13. The monoisotopic (exact) mass is 372 g/mol. The summed E-state index contributed by atoms with van der Waals surface area (Å²) >= 11 is 0. The lowest BCUT2D eigenvalue weighted by atomic mass is 10.0. The summed E-state index contributed by atoms with van der Waals surface area (Å²) in [5.41, 5.74) is 1.05. The van der Waals surface area contributed by atoms with E-state index < -0.39 is 28.4 Å². The topological polar surface area (TPSA) is 83.6 Å². The first-order chi connectivity index (χ1) is 12.4. The second-order valence-corrected chi connectivity index (χ2v) is 7.96. The van der Waals surface area contributed by atoms with Gasteiger partial charge in [-0.3, -0.25) is 9.59 Å². The molecule has 2 aromatic rings. The van der Waals surface area contributed by atoms with Gasteiger partial charge < -0.3 is 5.32 Å². The van der Waals surface area contributed by atoms with Gasteiger partial charge in [0.2, 0.25) is 5.91 Å². The van der Waals surface area contributed by atoms with Gasteiger partial charge in [0.15, 0.2) is 0 Å². The van der Waals surface area contributed by atoms with E-state index in [1.54, 1.807) is 12.1 Å². The second kappa shape index (κ2) is 7.29. The van der Waals surface area contributed by atoms with Crippen molar-refractivity contribution in [3.63, 3.8) is 0 Å². The number of hydrogen-bond donors (Lipinski definition) is 1. The van der Waals surface area contributed by atoms with Crippen molar-refractivity contribution in [2.75, 3.05) is 6.54 Å². The molecule has 1 N–H and O–H groups in total. The van der Waals surface area contributed by atoms with Crippen LogP contribution in [0.15, 0.2) is 59.5 Å². The Hall–Kier alpha value is -2.67. The first-order valence-corrected chi connectivity index (χ1v) is 9.89. The molecule has 2 amide bonds. The molecule has 0 radical (unpaired) electrons. The molecule has 26 heavy (non-hydrogen) atoms. The van der Waals surface area contributed by atoms with Crippen molar-refractivity contribution in [2.24, 2.45) is 0 Å². The SMILES string of the molecule is CCCC(NC(=O)CN1C(=O)c2ccccc2S1(=O)=O)c1ccccc1. The lowest BCUT2D eigenvalue weighted by Gasteiger charge is -2.21. The molecule has 0 aromatic heterocycles. The Morgan fingerprint density at radius 3 is 2.38 bits per heavy atom. The van der Waals surface area contributed by atoms with Crippen LogP contribution in [0.2, 0.25) is 0 Å². The van der Waals surface area contributed by atoms with Crippen molar-refractivity contribution in [3.8, 4) is 0 Å². The van der Waals surface area contributed by atoms with E-state index in [9.17, 15) is 18.0 Å². The summed E-state index contributed by atoms with van der Waals surface area (Å²) in [5.74, 6) is -1.17. The van der Waals surface area contributed by atoms with Crippen LogP contribution in [0.5, 0.6) is 0 Å². The van der Waals surface area contributed by atoms with Crippen LogP contribution < -0.4 is 5.32 Å². The summed E-state index contributed by atoms with van der Waals surface area (Å²) in [6.07, 6.45) is 1.57.